The van der Waals surface area contributed by atoms with Crippen LogP contribution < -0.4 is 10.9 Å². The number of nitrogens with zero attached hydrogens (tertiary/aromatic N) is 5. The molecule has 32 heavy (non-hydrogen) atoms. The van der Waals surface area contributed by atoms with Gasteiger partial charge in [0.2, 0.25) is 0 Å². The number of aromatic nitrogens is 1. The molecule has 0 unspecified atom stereocenters. The summed E-state index contributed by atoms with van der Waals surface area (Å²) in [6.07, 6.45) is 0. The first-order valence-electron chi connectivity index (χ1n) is 10.1. The molecular weight excluding hydrogens is 490 g/mol. The van der Waals surface area contributed by atoms with Crippen LogP contribution in [0.5, 0.6) is 0 Å². The Morgan fingerprint density at radius 1 is 1.06 bits per heavy atom. The molecule has 1 heterocycles. The number of rotatable bonds is 7. The van der Waals surface area contributed by atoms with Gasteiger partial charge in [0.05, 0.1) is 5.71 Å². The van der Waals surface area contributed by atoms with Gasteiger partial charge in [0.1, 0.15) is 5.71 Å². The summed E-state index contributed by atoms with van der Waals surface area (Å²) < 4.78 is 2.13. The van der Waals surface area contributed by atoms with E-state index in [4.69, 9.17) is 25.3 Å². The van der Waals surface area contributed by atoms with Crippen molar-refractivity contribution in [1.29, 1.82) is 0 Å². The Morgan fingerprint density at radius 2 is 1.69 bits per heavy atom. The van der Waals surface area contributed by atoms with Crippen LogP contribution in [0, 0.1) is 6.92 Å². The third kappa shape index (κ3) is 7.70. The Kier molecular flexibility index (Phi) is 11.6. The molecule has 2 rings (SSSR count). The molecule has 0 aliphatic rings. The van der Waals surface area contributed by atoms with Crippen LogP contribution in [0.25, 0.3) is 11.3 Å². The van der Waals surface area contributed by atoms with Crippen molar-refractivity contribution in [3.63, 3.8) is 0 Å². The fourth-order valence-electron chi connectivity index (χ4n) is 2.89. The Bertz CT molecular complexity index is 1010. The van der Waals surface area contributed by atoms with E-state index < -0.39 is 0 Å². The number of nitrogens with one attached hydrogen (secondary N) is 2. The Morgan fingerprint density at radius 3 is 2.28 bits per heavy atom. The molecule has 0 saturated carbocycles. The molecular formula is C22H29CuN7S2. The zero-order chi connectivity index (χ0) is 23.0. The van der Waals surface area contributed by atoms with Crippen LogP contribution in [0.2, 0.25) is 0 Å². The van der Waals surface area contributed by atoms with E-state index in [2.05, 4.69) is 53.8 Å². The van der Waals surface area contributed by atoms with E-state index in [0.29, 0.717) is 28.3 Å². The third-order valence-corrected chi connectivity index (χ3v) is 4.88. The van der Waals surface area contributed by atoms with Gasteiger partial charge >= 0.3 is 17.1 Å². The number of aliphatic imine (C=N–C) groups is 2. The maximum absolute atomic E-state index is 5.28. The Labute approximate surface area is 212 Å². The van der Waals surface area contributed by atoms with Gasteiger partial charge in [0, 0.05) is 36.6 Å². The molecule has 0 saturated heterocycles. The Hall–Kier alpha value is -2.26. The third-order valence-electron chi connectivity index (χ3n) is 4.46. The van der Waals surface area contributed by atoms with Crippen molar-refractivity contribution in [2.24, 2.45) is 27.2 Å². The van der Waals surface area contributed by atoms with Crippen molar-refractivity contribution in [1.82, 2.24) is 15.4 Å². The molecule has 2 N–H and O–H groups in total. The molecule has 0 aliphatic heterocycles. The summed E-state index contributed by atoms with van der Waals surface area (Å²) in [6, 6.07) is 12.4. The fraction of sp³-hybridized carbons (Fsp3) is 0.364. The summed E-state index contributed by atoms with van der Waals surface area (Å²) in [5.74, 6) is 0. The fourth-order valence-corrected chi connectivity index (χ4v) is 3.32. The van der Waals surface area contributed by atoms with Gasteiger partial charge in [-0.1, -0.05) is 30.3 Å². The molecule has 0 bridgehead atoms. The van der Waals surface area contributed by atoms with Crippen molar-refractivity contribution in [3.05, 3.63) is 47.7 Å². The van der Waals surface area contributed by atoms with E-state index in [0.717, 1.165) is 22.5 Å². The normalized spacial score (nSPS) is 13.2. The van der Waals surface area contributed by atoms with Gasteiger partial charge < -0.3 is 29.8 Å². The minimum atomic E-state index is 0. The van der Waals surface area contributed by atoms with Crippen LogP contribution in [0.15, 0.2) is 56.6 Å². The van der Waals surface area contributed by atoms with Crippen LogP contribution in [0.3, 0.4) is 0 Å². The second kappa shape index (κ2) is 13.3. The summed E-state index contributed by atoms with van der Waals surface area (Å²) in [7, 11) is 2.03. The van der Waals surface area contributed by atoms with Gasteiger partial charge in [0.15, 0.2) is 0 Å². The molecule has 10 heteroatoms. The van der Waals surface area contributed by atoms with E-state index in [1.807, 2.05) is 59.9 Å². The first kappa shape index (κ1) is 27.8. The minimum absolute atomic E-state index is 0. The summed E-state index contributed by atoms with van der Waals surface area (Å²) in [6.45, 7) is 10.3. The summed E-state index contributed by atoms with van der Waals surface area (Å²) in [5.41, 5.74) is 11.1. The van der Waals surface area contributed by atoms with E-state index in [9.17, 15) is 0 Å². The molecule has 0 spiro atoms. The van der Waals surface area contributed by atoms with Crippen molar-refractivity contribution in [3.8, 4) is 11.3 Å². The number of hydrogen-bond donors (Lipinski definition) is 2. The summed E-state index contributed by atoms with van der Waals surface area (Å²) in [5, 5.41) is 9.59. The molecule has 0 atom stereocenters. The topological polar surface area (TPSA) is 78.4 Å². The van der Waals surface area contributed by atoms with Crippen molar-refractivity contribution >= 4 is 47.0 Å². The van der Waals surface area contributed by atoms with Crippen LogP contribution in [0.1, 0.15) is 39.0 Å². The van der Waals surface area contributed by atoms with Crippen molar-refractivity contribution in [2.75, 3.05) is 6.54 Å². The minimum Gasteiger partial charge on any atom is -0.741 e. The van der Waals surface area contributed by atoms with Crippen molar-refractivity contribution in [2.45, 2.75) is 40.7 Å². The van der Waals surface area contributed by atoms with Gasteiger partial charge in [-0.05, 0) is 56.6 Å². The van der Waals surface area contributed by atoms with Gasteiger partial charge in [-0.2, -0.15) is 10.2 Å². The quantitative estimate of drug-likeness (QED) is 0.193. The number of amidine groups is 2. The monoisotopic (exact) mass is 518 g/mol. The van der Waals surface area contributed by atoms with E-state index in [1.54, 1.807) is 0 Å². The van der Waals surface area contributed by atoms with E-state index >= 15 is 0 Å². The molecule has 0 amide bonds. The molecule has 1 radical (unpaired) electrons. The SMILES string of the molecule is CCN=C([S-])N/N=C(C)/C(=N/NC([S-])=NC(C)C)c1cc(-c2ccccc2)n(C)c1C.[Cu+2]. The standard InChI is InChI=1S/C22H31N7S2.Cu/c1-7-23-21(30)27-25-15(4)20(26-28-22(31)24-14(2)3)18-13-19(29(6)16(18)5)17-11-9-8-10-12-17;/h8-14H,7H2,1-6H3,(H2,23,27,30)(H2,24,28,31);/q;+2/p-2/b25-15+,26-20-;. The zero-order valence-electron chi connectivity index (χ0n) is 19.1. The van der Waals surface area contributed by atoms with Gasteiger partial charge in [-0.25, -0.2) is 0 Å². The molecule has 0 aliphatic carbocycles. The van der Waals surface area contributed by atoms with Crippen molar-refractivity contribution < 1.29 is 17.1 Å². The molecule has 7 nitrogen and oxygen atoms in total. The van der Waals surface area contributed by atoms with Crippen LogP contribution in [-0.4, -0.2) is 38.9 Å². The predicted molar refractivity (Wildman–Crippen MR) is 137 cm³/mol. The first-order valence-corrected chi connectivity index (χ1v) is 10.9. The maximum Gasteiger partial charge on any atom is 2.00 e. The average Bonchev–Trinajstić information content (AvgIpc) is 3.02. The van der Waals surface area contributed by atoms with Crippen LogP contribution in [0.4, 0.5) is 0 Å². The van der Waals surface area contributed by atoms with Crippen LogP contribution >= 0.6 is 0 Å². The average molecular weight is 519 g/mol. The molecule has 1 aromatic carbocycles. The smallest absolute Gasteiger partial charge is 0.741 e. The van der Waals surface area contributed by atoms with Gasteiger partial charge in [0.25, 0.3) is 0 Å². The molecule has 2 aromatic rings. The number of benzene rings is 1. The molecule has 1 aromatic heterocycles. The predicted octanol–water partition coefficient (Wildman–Crippen LogP) is 3.49. The van der Waals surface area contributed by atoms with Crippen LogP contribution in [-0.2, 0) is 49.4 Å². The molecule has 175 valence electrons. The van der Waals surface area contributed by atoms with Gasteiger partial charge in [-0.3, -0.25) is 20.8 Å². The Balaban J connectivity index is 0.00000512. The second-order valence-electron chi connectivity index (χ2n) is 7.14. The summed E-state index contributed by atoms with van der Waals surface area (Å²) >= 11 is 10.4. The largest absolute Gasteiger partial charge is 2.00 e. The first-order chi connectivity index (χ1) is 14.7. The maximum atomic E-state index is 5.28. The summed E-state index contributed by atoms with van der Waals surface area (Å²) in [4.78, 5) is 8.44. The number of hydrazone groups is 2. The molecule has 0 fully saturated rings. The van der Waals surface area contributed by atoms with Gasteiger partial charge in [-0.15, -0.1) is 0 Å². The second-order valence-corrected chi connectivity index (χ2v) is 7.92. The zero-order valence-corrected chi connectivity index (χ0v) is 21.7. The van der Waals surface area contributed by atoms with E-state index in [1.165, 1.54) is 0 Å². The number of hydrogen-bond acceptors (Lipinski definition) is 6. The van der Waals surface area contributed by atoms with E-state index in [-0.39, 0.29) is 23.1 Å².